The van der Waals surface area contributed by atoms with E-state index in [0.717, 1.165) is 23.2 Å². The van der Waals surface area contributed by atoms with Crippen LogP contribution in [0.3, 0.4) is 0 Å². The second-order valence-electron chi connectivity index (χ2n) is 3.92. The number of benzene rings is 1. The van der Waals surface area contributed by atoms with Crippen molar-refractivity contribution >= 4 is 5.97 Å². The zero-order valence-electron chi connectivity index (χ0n) is 9.84. The average molecular weight is 230 g/mol. The molecule has 0 spiro atoms. The van der Waals surface area contributed by atoms with Crippen molar-refractivity contribution in [3.63, 3.8) is 0 Å². The molecule has 0 unspecified atom stereocenters. The van der Waals surface area contributed by atoms with Gasteiger partial charge in [0.25, 0.3) is 0 Å². The molecule has 17 heavy (non-hydrogen) atoms. The number of hydrogen-bond acceptors (Lipinski definition) is 2. The van der Waals surface area contributed by atoms with E-state index in [0.29, 0.717) is 5.56 Å². The molecular weight excluding hydrogens is 216 g/mol. The molecular formula is C13H14N2O2. The van der Waals surface area contributed by atoms with Crippen LogP contribution < -0.4 is 0 Å². The van der Waals surface area contributed by atoms with Crippen molar-refractivity contribution < 1.29 is 9.90 Å². The lowest BCUT2D eigenvalue weighted by atomic mass is 10.0. The zero-order valence-corrected chi connectivity index (χ0v) is 9.84. The van der Waals surface area contributed by atoms with Crippen LogP contribution in [0.5, 0.6) is 0 Å². The number of aryl methyl sites for hydroxylation is 2. The highest BCUT2D eigenvalue weighted by Crippen LogP contribution is 2.24. The largest absolute Gasteiger partial charge is 0.478 e. The lowest BCUT2D eigenvalue weighted by molar-refractivity contribution is 0.0697. The molecule has 1 aromatic carbocycles. The van der Waals surface area contributed by atoms with Crippen LogP contribution in [0, 0.1) is 6.92 Å². The van der Waals surface area contributed by atoms with Gasteiger partial charge in [0.05, 0.1) is 11.8 Å². The third kappa shape index (κ3) is 2.20. The standard InChI is InChI=1S/C13H14N2O2/c1-3-15-8-11(7-14-15)12-6-10(13(16)17)5-4-9(12)2/h4-8H,3H2,1-2H3,(H,16,17). The van der Waals surface area contributed by atoms with Crippen molar-refractivity contribution in [1.82, 2.24) is 9.78 Å². The fourth-order valence-corrected chi connectivity index (χ4v) is 1.74. The highest BCUT2D eigenvalue weighted by Gasteiger charge is 2.09. The number of aromatic carboxylic acids is 1. The second kappa shape index (κ2) is 4.41. The molecule has 0 amide bonds. The summed E-state index contributed by atoms with van der Waals surface area (Å²) in [5.41, 5.74) is 3.22. The number of hydrogen-bond donors (Lipinski definition) is 1. The zero-order chi connectivity index (χ0) is 12.4. The molecule has 0 aliphatic carbocycles. The minimum absolute atomic E-state index is 0.301. The molecule has 1 N–H and O–H groups in total. The Balaban J connectivity index is 2.49. The predicted octanol–water partition coefficient (Wildman–Crippen LogP) is 2.58. The summed E-state index contributed by atoms with van der Waals surface area (Å²) in [7, 11) is 0. The Kier molecular flexibility index (Phi) is 2.95. The smallest absolute Gasteiger partial charge is 0.335 e. The van der Waals surface area contributed by atoms with E-state index in [1.54, 1.807) is 18.3 Å². The Morgan fingerprint density at radius 2 is 2.24 bits per heavy atom. The first-order valence-corrected chi connectivity index (χ1v) is 5.48. The van der Waals surface area contributed by atoms with E-state index in [1.807, 2.05) is 30.8 Å². The molecule has 0 atom stereocenters. The maximum absolute atomic E-state index is 10.9. The van der Waals surface area contributed by atoms with Crippen LogP contribution in [0.2, 0.25) is 0 Å². The first-order valence-electron chi connectivity index (χ1n) is 5.48. The summed E-state index contributed by atoms with van der Waals surface area (Å²) in [5.74, 6) is -0.908. The second-order valence-corrected chi connectivity index (χ2v) is 3.92. The maximum atomic E-state index is 10.9. The summed E-state index contributed by atoms with van der Waals surface area (Å²) >= 11 is 0. The van der Waals surface area contributed by atoms with Gasteiger partial charge < -0.3 is 5.11 Å². The SMILES string of the molecule is CCn1cc(-c2cc(C(=O)O)ccc2C)cn1. The fraction of sp³-hybridized carbons (Fsp3) is 0.231. The van der Waals surface area contributed by atoms with Crippen molar-refractivity contribution in [2.75, 3.05) is 0 Å². The van der Waals surface area contributed by atoms with Crippen LogP contribution in [0.25, 0.3) is 11.1 Å². The van der Waals surface area contributed by atoms with E-state index < -0.39 is 5.97 Å². The van der Waals surface area contributed by atoms with E-state index in [1.165, 1.54) is 0 Å². The van der Waals surface area contributed by atoms with Crippen LogP contribution in [0.4, 0.5) is 0 Å². The summed E-state index contributed by atoms with van der Waals surface area (Å²) in [4.78, 5) is 10.9. The molecule has 0 fully saturated rings. The molecule has 0 saturated heterocycles. The summed E-state index contributed by atoms with van der Waals surface area (Å²) in [6, 6.07) is 5.13. The number of nitrogens with zero attached hydrogens (tertiary/aromatic N) is 2. The number of rotatable bonds is 3. The molecule has 0 aliphatic rings. The van der Waals surface area contributed by atoms with E-state index in [4.69, 9.17) is 5.11 Å². The molecule has 0 saturated carbocycles. The monoisotopic (exact) mass is 230 g/mol. The highest BCUT2D eigenvalue weighted by molar-refractivity contribution is 5.89. The van der Waals surface area contributed by atoms with Crippen molar-refractivity contribution in [3.05, 3.63) is 41.7 Å². The predicted molar refractivity (Wildman–Crippen MR) is 65.0 cm³/mol. The van der Waals surface area contributed by atoms with Crippen molar-refractivity contribution in [2.45, 2.75) is 20.4 Å². The van der Waals surface area contributed by atoms with Crippen LogP contribution in [-0.2, 0) is 6.54 Å². The lowest BCUT2D eigenvalue weighted by Crippen LogP contribution is -1.97. The third-order valence-corrected chi connectivity index (χ3v) is 2.75. The lowest BCUT2D eigenvalue weighted by Gasteiger charge is -2.04. The van der Waals surface area contributed by atoms with Crippen LogP contribution in [-0.4, -0.2) is 20.9 Å². The first kappa shape index (κ1) is 11.4. The van der Waals surface area contributed by atoms with Gasteiger partial charge in [-0.3, -0.25) is 4.68 Å². The van der Waals surface area contributed by atoms with Gasteiger partial charge in [0.15, 0.2) is 0 Å². The molecule has 0 bridgehead atoms. The van der Waals surface area contributed by atoms with Crippen molar-refractivity contribution in [3.8, 4) is 11.1 Å². The Morgan fingerprint density at radius 1 is 1.47 bits per heavy atom. The molecule has 2 aromatic rings. The molecule has 1 aromatic heterocycles. The highest BCUT2D eigenvalue weighted by atomic mass is 16.4. The van der Waals surface area contributed by atoms with E-state index in [-0.39, 0.29) is 0 Å². The van der Waals surface area contributed by atoms with Gasteiger partial charge in [0.1, 0.15) is 0 Å². The summed E-state index contributed by atoms with van der Waals surface area (Å²) in [6.45, 7) is 4.78. The van der Waals surface area contributed by atoms with Gasteiger partial charge in [-0.1, -0.05) is 6.07 Å². The van der Waals surface area contributed by atoms with E-state index >= 15 is 0 Å². The number of carboxylic acid groups (broad SMARTS) is 1. The Labute approximate surface area is 99.5 Å². The van der Waals surface area contributed by atoms with Crippen LogP contribution in [0.15, 0.2) is 30.6 Å². The third-order valence-electron chi connectivity index (χ3n) is 2.75. The summed E-state index contributed by atoms with van der Waals surface area (Å²) in [5, 5.41) is 13.2. The van der Waals surface area contributed by atoms with Gasteiger partial charge >= 0.3 is 5.97 Å². The normalized spacial score (nSPS) is 10.5. The minimum atomic E-state index is -0.908. The maximum Gasteiger partial charge on any atom is 0.335 e. The quantitative estimate of drug-likeness (QED) is 0.881. The van der Waals surface area contributed by atoms with Gasteiger partial charge in [0.2, 0.25) is 0 Å². The van der Waals surface area contributed by atoms with E-state index in [2.05, 4.69) is 5.10 Å². The van der Waals surface area contributed by atoms with E-state index in [9.17, 15) is 4.79 Å². The number of carbonyl (C=O) groups is 1. The molecule has 0 aliphatic heterocycles. The van der Waals surface area contributed by atoms with Gasteiger partial charge in [-0.15, -0.1) is 0 Å². The van der Waals surface area contributed by atoms with Crippen LogP contribution in [0.1, 0.15) is 22.8 Å². The first-order chi connectivity index (χ1) is 8.11. The Morgan fingerprint density at radius 3 is 2.82 bits per heavy atom. The van der Waals surface area contributed by atoms with Crippen molar-refractivity contribution in [1.29, 1.82) is 0 Å². The Hall–Kier alpha value is -2.10. The minimum Gasteiger partial charge on any atom is -0.478 e. The number of aromatic nitrogens is 2. The molecule has 1 heterocycles. The fourth-order valence-electron chi connectivity index (χ4n) is 1.74. The van der Waals surface area contributed by atoms with Gasteiger partial charge in [-0.05, 0) is 37.1 Å². The van der Waals surface area contributed by atoms with Crippen molar-refractivity contribution in [2.24, 2.45) is 0 Å². The molecule has 4 nitrogen and oxygen atoms in total. The average Bonchev–Trinajstić information content (AvgIpc) is 2.77. The molecule has 88 valence electrons. The van der Waals surface area contributed by atoms with Crippen LogP contribution >= 0.6 is 0 Å². The summed E-state index contributed by atoms with van der Waals surface area (Å²) in [6.07, 6.45) is 3.69. The number of carboxylic acids is 1. The molecule has 4 heteroatoms. The summed E-state index contributed by atoms with van der Waals surface area (Å²) < 4.78 is 1.82. The van der Waals surface area contributed by atoms with Gasteiger partial charge in [-0.2, -0.15) is 5.10 Å². The van der Waals surface area contributed by atoms with Gasteiger partial charge in [-0.25, -0.2) is 4.79 Å². The molecule has 2 rings (SSSR count). The molecule has 0 radical (unpaired) electrons. The van der Waals surface area contributed by atoms with Gasteiger partial charge in [0, 0.05) is 18.3 Å². The topological polar surface area (TPSA) is 55.1 Å². The Bertz CT molecular complexity index is 558.